The molecule has 0 aromatic heterocycles. The van der Waals surface area contributed by atoms with Crippen LogP contribution < -0.4 is 5.32 Å². The highest BCUT2D eigenvalue weighted by atomic mass is 16.2. The summed E-state index contributed by atoms with van der Waals surface area (Å²) in [7, 11) is 0. The van der Waals surface area contributed by atoms with E-state index in [2.05, 4.69) is 24.1 Å². The summed E-state index contributed by atoms with van der Waals surface area (Å²) in [6, 6.07) is 0.483. The topological polar surface area (TPSA) is 32.3 Å². The molecule has 2 aliphatic carbocycles. The van der Waals surface area contributed by atoms with Crippen LogP contribution in [0.1, 0.15) is 65.2 Å². The van der Waals surface area contributed by atoms with Gasteiger partial charge in [0.25, 0.3) is 0 Å². The van der Waals surface area contributed by atoms with Crippen molar-refractivity contribution in [1.29, 1.82) is 0 Å². The zero-order chi connectivity index (χ0) is 13.5. The fourth-order valence-corrected chi connectivity index (χ4v) is 4.53. The zero-order valence-electron chi connectivity index (χ0n) is 12.5. The van der Waals surface area contributed by atoms with E-state index in [1.54, 1.807) is 0 Å². The van der Waals surface area contributed by atoms with Gasteiger partial charge in [0.2, 0.25) is 5.91 Å². The standard InChI is InChI=1S/C16H28N2O/c1-16(2)9-5-8-13(10-16)18-14(19)11-17-15(18)12-6-3-4-7-12/h12-13,15,17H,3-11H2,1-2H3. The molecule has 3 heteroatoms. The number of amides is 1. The summed E-state index contributed by atoms with van der Waals surface area (Å²) in [5, 5.41) is 3.50. The smallest absolute Gasteiger partial charge is 0.238 e. The lowest BCUT2D eigenvalue weighted by atomic mass is 9.74. The van der Waals surface area contributed by atoms with Crippen molar-refractivity contribution in [2.75, 3.05) is 6.54 Å². The van der Waals surface area contributed by atoms with E-state index < -0.39 is 0 Å². The van der Waals surface area contributed by atoms with Crippen molar-refractivity contribution in [1.82, 2.24) is 10.2 Å². The Labute approximate surface area is 117 Å². The van der Waals surface area contributed by atoms with E-state index in [1.807, 2.05) is 0 Å². The molecule has 108 valence electrons. The van der Waals surface area contributed by atoms with Crippen LogP contribution in [-0.2, 0) is 4.79 Å². The fourth-order valence-electron chi connectivity index (χ4n) is 4.53. The lowest BCUT2D eigenvalue weighted by molar-refractivity contribution is -0.132. The molecule has 3 aliphatic rings. The Bertz CT molecular complexity index is 347. The maximum Gasteiger partial charge on any atom is 0.238 e. The molecule has 0 radical (unpaired) electrons. The van der Waals surface area contributed by atoms with E-state index in [0.717, 1.165) is 0 Å². The average molecular weight is 264 g/mol. The van der Waals surface area contributed by atoms with Gasteiger partial charge in [0, 0.05) is 6.04 Å². The second-order valence-electron chi connectivity index (χ2n) is 7.59. The molecule has 0 spiro atoms. The van der Waals surface area contributed by atoms with Gasteiger partial charge in [-0.05, 0) is 43.4 Å². The van der Waals surface area contributed by atoms with E-state index in [-0.39, 0.29) is 0 Å². The Balaban J connectivity index is 1.74. The van der Waals surface area contributed by atoms with Gasteiger partial charge in [-0.25, -0.2) is 0 Å². The monoisotopic (exact) mass is 264 g/mol. The summed E-state index contributed by atoms with van der Waals surface area (Å²) < 4.78 is 0. The molecule has 1 aliphatic heterocycles. The first-order valence-electron chi connectivity index (χ1n) is 8.11. The van der Waals surface area contributed by atoms with Crippen LogP contribution in [0.3, 0.4) is 0 Å². The first-order chi connectivity index (χ1) is 9.07. The normalized spacial score (nSPS) is 36.1. The second-order valence-corrected chi connectivity index (χ2v) is 7.59. The van der Waals surface area contributed by atoms with Crippen molar-refractivity contribution < 1.29 is 4.79 Å². The average Bonchev–Trinajstić information content (AvgIpc) is 2.96. The number of carbonyl (C=O) groups is 1. The molecule has 1 saturated heterocycles. The van der Waals surface area contributed by atoms with Crippen molar-refractivity contribution in [3.05, 3.63) is 0 Å². The van der Waals surface area contributed by atoms with Gasteiger partial charge in [0.1, 0.15) is 0 Å². The Kier molecular flexibility index (Phi) is 3.59. The summed E-state index contributed by atoms with van der Waals surface area (Å²) in [5.74, 6) is 1.05. The largest absolute Gasteiger partial charge is 0.323 e. The molecule has 3 nitrogen and oxygen atoms in total. The van der Waals surface area contributed by atoms with E-state index in [1.165, 1.54) is 51.4 Å². The lowest BCUT2D eigenvalue weighted by Crippen LogP contribution is -2.50. The number of nitrogens with one attached hydrogen (secondary N) is 1. The Hall–Kier alpha value is -0.570. The van der Waals surface area contributed by atoms with E-state index in [0.29, 0.717) is 36.0 Å². The maximum absolute atomic E-state index is 12.3. The minimum Gasteiger partial charge on any atom is -0.323 e. The zero-order valence-corrected chi connectivity index (χ0v) is 12.5. The van der Waals surface area contributed by atoms with Crippen LogP contribution in [-0.4, -0.2) is 29.6 Å². The predicted octanol–water partition coefficient (Wildman–Crippen LogP) is 2.90. The molecular weight excluding hydrogens is 236 g/mol. The summed E-state index contributed by atoms with van der Waals surface area (Å²) in [5.41, 5.74) is 0.409. The molecule has 2 saturated carbocycles. The molecule has 0 aromatic rings. The second kappa shape index (κ2) is 5.08. The van der Waals surface area contributed by atoms with Crippen molar-refractivity contribution in [3.8, 4) is 0 Å². The third-order valence-electron chi connectivity index (χ3n) is 5.47. The van der Waals surface area contributed by atoms with Crippen LogP contribution in [0.15, 0.2) is 0 Å². The van der Waals surface area contributed by atoms with Gasteiger partial charge >= 0.3 is 0 Å². The Morgan fingerprint density at radius 1 is 1.16 bits per heavy atom. The van der Waals surface area contributed by atoms with Gasteiger partial charge in [-0.1, -0.05) is 33.1 Å². The first kappa shape index (κ1) is 13.4. The highest BCUT2D eigenvalue weighted by Gasteiger charge is 2.43. The summed E-state index contributed by atoms with van der Waals surface area (Å²) >= 11 is 0. The Morgan fingerprint density at radius 2 is 1.89 bits per heavy atom. The molecular formula is C16H28N2O. The third kappa shape index (κ3) is 2.67. The molecule has 0 bridgehead atoms. The van der Waals surface area contributed by atoms with Crippen LogP contribution in [0.5, 0.6) is 0 Å². The number of rotatable bonds is 2. The van der Waals surface area contributed by atoms with Crippen LogP contribution in [0.2, 0.25) is 0 Å². The third-order valence-corrected chi connectivity index (χ3v) is 5.47. The Morgan fingerprint density at radius 3 is 2.58 bits per heavy atom. The van der Waals surface area contributed by atoms with Crippen molar-refractivity contribution in [2.24, 2.45) is 11.3 Å². The van der Waals surface area contributed by atoms with E-state index in [4.69, 9.17) is 0 Å². The number of hydrogen-bond donors (Lipinski definition) is 1. The summed E-state index contributed by atoms with van der Waals surface area (Å²) in [6.07, 6.45) is 10.6. The van der Waals surface area contributed by atoms with Crippen LogP contribution in [0, 0.1) is 11.3 Å². The summed E-state index contributed by atoms with van der Waals surface area (Å²) in [6.45, 7) is 5.29. The van der Waals surface area contributed by atoms with Gasteiger partial charge < -0.3 is 4.90 Å². The lowest BCUT2D eigenvalue weighted by Gasteiger charge is -2.43. The molecule has 1 N–H and O–H groups in total. The number of carbonyl (C=O) groups excluding carboxylic acids is 1. The minimum atomic E-state index is 0.342. The van der Waals surface area contributed by atoms with Gasteiger partial charge in [0.15, 0.2) is 0 Å². The first-order valence-corrected chi connectivity index (χ1v) is 8.11. The number of hydrogen-bond acceptors (Lipinski definition) is 2. The number of nitrogens with zero attached hydrogens (tertiary/aromatic N) is 1. The molecule has 1 amide bonds. The molecule has 19 heavy (non-hydrogen) atoms. The highest BCUT2D eigenvalue weighted by Crippen LogP contribution is 2.40. The SMILES string of the molecule is CC1(C)CCCC(N2C(=O)CNC2C2CCCC2)C1. The molecule has 2 unspecified atom stereocenters. The predicted molar refractivity (Wildman–Crippen MR) is 76.6 cm³/mol. The quantitative estimate of drug-likeness (QED) is 0.831. The van der Waals surface area contributed by atoms with Gasteiger partial charge in [0.05, 0.1) is 12.7 Å². The molecule has 2 atom stereocenters. The van der Waals surface area contributed by atoms with Crippen LogP contribution in [0.25, 0.3) is 0 Å². The highest BCUT2D eigenvalue weighted by molar-refractivity contribution is 5.81. The van der Waals surface area contributed by atoms with Gasteiger partial charge in [-0.3, -0.25) is 10.1 Å². The molecule has 1 heterocycles. The van der Waals surface area contributed by atoms with Crippen molar-refractivity contribution in [2.45, 2.75) is 77.4 Å². The van der Waals surface area contributed by atoms with Crippen LogP contribution >= 0.6 is 0 Å². The van der Waals surface area contributed by atoms with Gasteiger partial charge in [-0.2, -0.15) is 0 Å². The van der Waals surface area contributed by atoms with E-state index in [9.17, 15) is 4.79 Å². The van der Waals surface area contributed by atoms with Crippen LogP contribution in [0.4, 0.5) is 0 Å². The fraction of sp³-hybridized carbons (Fsp3) is 0.938. The van der Waals surface area contributed by atoms with E-state index >= 15 is 0 Å². The molecule has 0 aromatic carbocycles. The van der Waals surface area contributed by atoms with Gasteiger partial charge in [-0.15, -0.1) is 0 Å². The van der Waals surface area contributed by atoms with Crippen molar-refractivity contribution >= 4 is 5.91 Å². The van der Waals surface area contributed by atoms with Crippen molar-refractivity contribution in [3.63, 3.8) is 0 Å². The maximum atomic E-state index is 12.3. The molecule has 3 rings (SSSR count). The summed E-state index contributed by atoms with van der Waals surface area (Å²) in [4.78, 5) is 14.6. The minimum absolute atomic E-state index is 0.342. The molecule has 3 fully saturated rings.